The van der Waals surface area contributed by atoms with Gasteiger partial charge in [-0.2, -0.15) is 0 Å². The lowest BCUT2D eigenvalue weighted by molar-refractivity contribution is 0.194. The molecule has 170 valence electrons. The molecular formula is C21H36IN5O2S. The lowest BCUT2D eigenvalue weighted by Crippen LogP contribution is -2.52. The number of benzene rings is 1. The Morgan fingerprint density at radius 2 is 1.83 bits per heavy atom. The Labute approximate surface area is 199 Å². The highest BCUT2D eigenvalue weighted by molar-refractivity contribution is 14.0. The van der Waals surface area contributed by atoms with Gasteiger partial charge in [-0.3, -0.25) is 9.89 Å². The molecule has 1 aliphatic heterocycles. The molecule has 1 aromatic carbocycles. The predicted molar refractivity (Wildman–Crippen MR) is 137 cm³/mol. The first-order valence-corrected chi connectivity index (χ1v) is 12.1. The van der Waals surface area contributed by atoms with Gasteiger partial charge in [0.25, 0.3) is 0 Å². The Hall–Kier alpha value is -1.17. The minimum atomic E-state index is -3.12. The summed E-state index contributed by atoms with van der Waals surface area (Å²) in [7, 11) is -3.12. The van der Waals surface area contributed by atoms with Crippen molar-refractivity contribution in [1.82, 2.24) is 19.8 Å². The van der Waals surface area contributed by atoms with E-state index >= 15 is 0 Å². The second kappa shape index (κ2) is 14.8. The Bertz CT molecular complexity index is 748. The maximum Gasteiger partial charge on any atom is 0.211 e. The lowest BCUT2D eigenvalue weighted by Gasteiger charge is -2.36. The molecule has 0 aliphatic carbocycles. The third-order valence-electron chi connectivity index (χ3n) is 4.78. The van der Waals surface area contributed by atoms with Crippen molar-refractivity contribution >= 4 is 46.0 Å². The molecule has 2 rings (SSSR count). The quantitative estimate of drug-likeness (QED) is 0.203. The van der Waals surface area contributed by atoms with Crippen LogP contribution in [0.4, 0.5) is 0 Å². The number of hydrogen-bond donors (Lipinski definition) is 2. The minimum absolute atomic E-state index is 0. The van der Waals surface area contributed by atoms with Crippen molar-refractivity contribution in [2.75, 3.05) is 58.1 Å². The zero-order chi connectivity index (χ0) is 21.0. The summed E-state index contributed by atoms with van der Waals surface area (Å²) in [5.74, 6) is 1.04. The summed E-state index contributed by atoms with van der Waals surface area (Å²) in [6.45, 7) is 10.4. The molecule has 7 nitrogen and oxygen atoms in total. The molecule has 0 saturated carbocycles. The smallest absolute Gasteiger partial charge is 0.211 e. The molecule has 30 heavy (non-hydrogen) atoms. The average Bonchev–Trinajstić information content (AvgIpc) is 2.74. The van der Waals surface area contributed by atoms with Gasteiger partial charge in [0.05, 0.1) is 5.75 Å². The molecule has 0 bridgehead atoms. The van der Waals surface area contributed by atoms with Crippen molar-refractivity contribution < 1.29 is 8.42 Å². The van der Waals surface area contributed by atoms with Gasteiger partial charge in [0.1, 0.15) is 0 Å². The maximum absolute atomic E-state index is 11.5. The SMILES string of the molecule is CCNC(=NCCCNS(=O)(=O)CC)N1CCN(C/C=C/c2ccccc2)CC1.I. The molecule has 1 aromatic rings. The van der Waals surface area contributed by atoms with Crippen LogP contribution in [0.25, 0.3) is 6.08 Å². The van der Waals surface area contributed by atoms with E-state index in [0.29, 0.717) is 19.5 Å². The van der Waals surface area contributed by atoms with Crippen LogP contribution in [0.5, 0.6) is 0 Å². The van der Waals surface area contributed by atoms with E-state index in [0.717, 1.165) is 45.2 Å². The van der Waals surface area contributed by atoms with Gasteiger partial charge in [-0.1, -0.05) is 42.5 Å². The van der Waals surface area contributed by atoms with Gasteiger partial charge < -0.3 is 10.2 Å². The molecule has 0 amide bonds. The number of nitrogens with one attached hydrogen (secondary N) is 2. The number of aliphatic imine (C=N–C) groups is 1. The van der Waals surface area contributed by atoms with Crippen LogP contribution in [0, 0.1) is 0 Å². The van der Waals surface area contributed by atoms with Crippen LogP contribution < -0.4 is 10.0 Å². The number of sulfonamides is 1. The molecule has 1 heterocycles. The predicted octanol–water partition coefficient (Wildman–Crippen LogP) is 2.23. The number of piperazine rings is 1. The fourth-order valence-corrected chi connectivity index (χ4v) is 3.72. The van der Waals surface area contributed by atoms with Crippen LogP contribution in [-0.4, -0.2) is 82.3 Å². The first kappa shape index (κ1) is 26.9. The molecule has 9 heteroatoms. The molecule has 0 unspecified atom stereocenters. The monoisotopic (exact) mass is 549 g/mol. The minimum Gasteiger partial charge on any atom is -0.357 e. The molecule has 0 radical (unpaired) electrons. The third kappa shape index (κ3) is 10.2. The van der Waals surface area contributed by atoms with Gasteiger partial charge in [0, 0.05) is 52.4 Å². The van der Waals surface area contributed by atoms with E-state index in [1.165, 1.54) is 5.56 Å². The Morgan fingerprint density at radius 1 is 1.13 bits per heavy atom. The third-order valence-corrected chi connectivity index (χ3v) is 6.18. The zero-order valence-corrected chi connectivity index (χ0v) is 21.2. The maximum atomic E-state index is 11.5. The van der Waals surface area contributed by atoms with Crippen molar-refractivity contribution in [2.24, 2.45) is 4.99 Å². The van der Waals surface area contributed by atoms with Gasteiger partial charge in [-0.15, -0.1) is 24.0 Å². The van der Waals surface area contributed by atoms with Crippen LogP contribution in [0.3, 0.4) is 0 Å². The van der Waals surface area contributed by atoms with Gasteiger partial charge in [-0.25, -0.2) is 13.1 Å². The van der Waals surface area contributed by atoms with Crippen LogP contribution in [0.2, 0.25) is 0 Å². The summed E-state index contributed by atoms with van der Waals surface area (Å²) in [4.78, 5) is 9.41. The van der Waals surface area contributed by atoms with Crippen LogP contribution in [-0.2, 0) is 10.0 Å². The molecule has 1 fully saturated rings. The molecule has 0 spiro atoms. The number of rotatable bonds is 10. The number of guanidine groups is 1. The van der Waals surface area contributed by atoms with Crippen LogP contribution >= 0.6 is 24.0 Å². The molecular weight excluding hydrogens is 513 g/mol. The highest BCUT2D eigenvalue weighted by Crippen LogP contribution is 2.05. The topological polar surface area (TPSA) is 77.0 Å². The largest absolute Gasteiger partial charge is 0.357 e. The van der Waals surface area contributed by atoms with Gasteiger partial charge >= 0.3 is 0 Å². The number of hydrogen-bond acceptors (Lipinski definition) is 4. The summed E-state index contributed by atoms with van der Waals surface area (Å²) >= 11 is 0. The first-order chi connectivity index (χ1) is 14.0. The lowest BCUT2D eigenvalue weighted by atomic mass is 10.2. The Balaban J connectivity index is 0.00000450. The van der Waals surface area contributed by atoms with Gasteiger partial charge in [0.15, 0.2) is 5.96 Å². The van der Waals surface area contributed by atoms with Gasteiger partial charge in [0.2, 0.25) is 10.0 Å². The van der Waals surface area contributed by atoms with Crippen molar-refractivity contribution in [2.45, 2.75) is 20.3 Å². The summed E-state index contributed by atoms with van der Waals surface area (Å²) in [6.07, 6.45) is 5.09. The molecule has 1 saturated heterocycles. The second-order valence-electron chi connectivity index (χ2n) is 6.99. The van der Waals surface area contributed by atoms with E-state index in [4.69, 9.17) is 0 Å². The molecule has 2 N–H and O–H groups in total. The first-order valence-electron chi connectivity index (χ1n) is 10.5. The zero-order valence-electron chi connectivity index (χ0n) is 18.1. The highest BCUT2D eigenvalue weighted by Gasteiger charge is 2.18. The van der Waals surface area contributed by atoms with Crippen LogP contribution in [0.1, 0.15) is 25.8 Å². The summed E-state index contributed by atoms with van der Waals surface area (Å²) < 4.78 is 25.5. The standard InChI is InChI=1S/C21H35N5O2S.HI/c1-3-22-21(23-13-9-14-24-29(27,28)4-2)26-18-16-25(17-19-26)15-8-12-20-10-6-5-7-11-20;/h5-8,10-12,24H,3-4,9,13-19H2,1-2H3,(H,22,23);1H/b12-8+;. The van der Waals surface area contributed by atoms with E-state index in [1.54, 1.807) is 6.92 Å². The van der Waals surface area contributed by atoms with Crippen molar-refractivity contribution in [1.29, 1.82) is 0 Å². The number of nitrogens with zero attached hydrogens (tertiary/aromatic N) is 3. The van der Waals surface area contributed by atoms with Gasteiger partial charge in [-0.05, 0) is 25.8 Å². The molecule has 0 aromatic heterocycles. The number of halogens is 1. The van der Waals surface area contributed by atoms with Crippen LogP contribution in [0.15, 0.2) is 41.4 Å². The van der Waals surface area contributed by atoms with Crippen molar-refractivity contribution in [3.8, 4) is 0 Å². The van der Waals surface area contributed by atoms with Crippen molar-refractivity contribution in [3.63, 3.8) is 0 Å². The van der Waals surface area contributed by atoms with Crippen molar-refractivity contribution in [3.05, 3.63) is 42.0 Å². The summed E-state index contributed by atoms with van der Waals surface area (Å²) in [5, 5.41) is 3.35. The fraction of sp³-hybridized carbons (Fsp3) is 0.571. The fourth-order valence-electron chi connectivity index (χ4n) is 3.06. The second-order valence-corrected chi connectivity index (χ2v) is 9.08. The van der Waals surface area contributed by atoms with E-state index in [2.05, 4.69) is 68.2 Å². The summed E-state index contributed by atoms with van der Waals surface area (Å²) in [6, 6.07) is 10.4. The normalized spacial score (nSPS) is 15.9. The van der Waals surface area contributed by atoms with E-state index < -0.39 is 10.0 Å². The van der Waals surface area contributed by atoms with E-state index in [-0.39, 0.29) is 29.7 Å². The summed E-state index contributed by atoms with van der Waals surface area (Å²) in [5.41, 5.74) is 1.23. The molecule has 1 aliphatic rings. The Morgan fingerprint density at radius 3 is 2.47 bits per heavy atom. The van der Waals surface area contributed by atoms with E-state index in [1.807, 2.05) is 6.07 Å². The Kier molecular flexibility index (Phi) is 13.2. The van der Waals surface area contributed by atoms with E-state index in [9.17, 15) is 8.42 Å². The average molecular weight is 550 g/mol. The molecule has 0 atom stereocenters. The highest BCUT2D eigenvalue weighted by atomic mass is 127.